The third-order valence-electron chi connectivity index (χ3n) is 4.21. The fourth-order valence-corrected chi connectivity index (χ4v) is 3.15. The molecule has 1 aromatic carbocycles. The lowest BCUT2D eigenvalue weighted by Gasteiger charge is -2.31. The molecule has 10 nitrogen and oxygen atoms in total. The highest BCUT2D eigenvalue weighted by Crippen LogP contribution is 2.42. The van der Waals surface area contributed by atoms with E-state index in [4.69, 9.17) is 19.9 Å². The lowest BCUT2D eigenvalue weighted by Crippen LogP contribution is -2.40. The van der Waals surface area contributed by atoms with Crippen LogP contribution in [-0.2, 0) is 23.8 Å². The minimum Gasteiger partial charge on any atom is -0.480 e. The monoisotopic (exact) mass is 405 g/mol. The van der Waals surface area contributed by atoms with Gasteiger partial charge in [0.1, 0.15) is 11.7 Å². The lowest BCUT2D eigenvalue weighted by molar-refractivity contribution is -0.385. The lowest BCUT2D eigenvalue weighted by atomic mass is 9.77. The number of hydrogen-bond acceptors (Lipinski definition) is 9. The van der Waals surface area contributed by atoms with E-state index in [9.17, 15) is 19.7 Å². The molecule has 10 heteroatoms. The zero-order chi connectivity index (χ0) is 21.6. The molecule has 0 spiro atoms. The number of benzene rings is 1. The number of nitrogens with zero attached hydrogens (tertiary/aromatic N) is 2. The van der Waals surface area contributed by atoms with Gasteiger partial charge in [-0.25, -0.2) is 4.79 Å². The Bertz CT molecular complexity index is 863. The Hall–Kier alpha value is -3.43. The minimum absolute atomic E-state index is 0.0469. The van der Waals surface area contributed by atoms with E-state index in [-0.39, 0.29) is 48.4 Å². The standard InChI is InChI=1S/C19H23N3O7/c1-4-27-17-15(19(24)29-6-3)13(11-9-7-8-10-12(11)22(25)26)14(16(20)21-17)18(23)28-5-2/h7-10,13,15H,4-6,20H2,1-3H3. The molecule has 1 aliphatic heterocycles. The molecule has 0 saturated heterocycles. The van der Waals surface area contributed by atoms with Gasteiger partial charge in [0, 0.05) is 17.5 Å². The summed E-state index contributed by atoms with van der Waals surface area (Å²) in [6, 6.07) is 5.78. The molecule has 0 aromatic heterocycles. The molecule has 0 radical (unpaired) electrons. The highest BCUT2D eigenvalue weighted by atomic mass is 16.6. The Balaban J connectivity index is 2.78. The molecule has 29 heavy (non-hydrogen) atoms. The SMILES string of the molecule is CCOC(=O)C1=C(N)N=C(OCC)C(C(=O)OCC)C1c1ccccc1[N+](=O)[O-]. The molecule has 2 rings (SSSR count). The van der Waals surface area contributed by atoms with Gasteiger partial charge in [0.25, 0.3) is 5.69 Å². The zero-order valence-corrected chi connectivity index (χ0v) is 16.4. The summed E-state index contributed by atoms with van der Waals surface area (Å²) in [5.41, 5.74) is 5.69. The van der Waals surface area contributed by atoms with Gasteiger partial charge in [0.05, 0.1) is 30.3 Å². The van der Waals surface area contributed by atoms with Crippen molar-refractivity contribution in [1.29, 1.82) is 0 Å². The topological polar surface area (TPSA) is 143 Å². The third kappa shape index (κ3) is 4.53. The summed E-state index contributed by atoms with van der Waals surface area (Å²) in [6.07, 6.45) is 0. The summed E-state index contributed by atoms with van der Waals surface area (Å²) < 4.78 is 15.7. The summed E-state index contributed by atoms with van der Waals surface area (Å²) in [4.78, 5) is 40.6. The van der Waals surface area contributed by atoms with Crippen LogP contribution in [0.1, 0.15) is 32.3 Å². The van der Waals surface area contributed by atoms with E-state index in [0.717, 1.165) is 0 Å². The van der Waals surface area contributed by atoms with Crippen molar-refractivity contribution < 1.29 is 28.7 Å². The van der Waals surface area contributed by atoms with Crippen LogP contribution in [0.25, 0.3) is 0 Å². The summed E-state index contributed by atoms with van der Waals surface area (Å²) in [6.45, 7) is 5.19. The molecular weight excluding hydrogens is 382 g/mol. The second kappa shape index (κ2) is 9.67. The van der Waals surface area contributed by atoms with E-state index >= 15 is 0 Å². The van der Waals surface area contributed by atoms with Crippen LogP contribution < -0.4 is 5.73 Å². The van der Waals surface area contributed by atoms with Crippen molar-refractivity contribution in [2.24, 2.45) is 16.6 Å². The number of nitro groups is 1. The van der Waals surface area contributed by atoms with E-state index in [1.54, 1.807) is 26.8 Å². The predicted octanol–water partition coefficient (Wildman–Crippen LogP) is 2.04. The van der Waals surface area contributed by atoms with Gasteiger partial charge in [0.15, 0.2) is 0 Å². The van der Waals surface area contributed by atoms with Gasteiger partial charge < -0.3 is 19.9 Å². The summed E-state index contributed by atoms with van der Waals surface area (Å²) in [5.74, 6) is -4.24. The second-order valence-electron chi connectivity index (χ2n) is 5.93. The molecule has 0 bridgehead atoms. The fourth-order valence-electron chi connectivity index (χ4n) is 3.15. The van der Waals surface area contributed by atoms with Crippen LogP contribution in [0.5, 0.6) is 0 Å². The smallest absolute Gasteiger partial charge is 0.338 e. The summed E-state index contributed by atoms with van der Waals surface area (Å²) in [7, 11) is 0. The number of esters is 2. The fraction of sp³-hybridized carbons (Fsp3) is 0.421. The molecule has 2 N–H and O–H groups in total. The van der Waals surface area contributed by atoms with Crippen molar-refractivity contribution in [3.63, 3.8) is 0 Å². The van der Waals surface area contributed by atoms with Gasteiger partial charge in [-0.1, -0.05) is 18.2 Å². The van der Waals surface area contributed by atoms with Gasteiger partial charge in [-0.15, -0.1) is 0 Å². The second-order valence-corrected chi connectivity index (χ2v) is 5.93. The minimum atomic E-state index is -1.23. The number of para-hydroxylation sites is 1. The van der Waals surface area contributed by atoms with Crippen LogP contribution in [0, 0.1) is 16.0 Å². The first kappa shape index (κ1) is 21.9. The van der Waals surface area contributed by atoms with Crippen LogP contribution in [0.4, 0.5) is 5.69 Å². The highest BCUT2D eigenvalue weighted by molar-refractivity contribution is 6.05. The molecular formula is C19H23N3O7. The third-order valence-corrected chi connectivity index (χ3v) is 4.21. The molecule has 1 aliphatic rings. The maximum absolute atomic E-state index is 12.8. The van der Waals surface area contributed by atoms with Crippen LogP contribution in [0.3, 0.4) is 0 Å². The van der Waals surface area contributed by atoms with E-state index in [2.05, 4.69) is 4.99 Å². The van der Waals surface area contributed by atoms with Crippen molar-refractivity contribution in [1.82, 2.24) is 0 Å². The molecule has 2 atom stereocenters. The average molecular weight is 405 g/mol. The Morgan fingerprint density at radius 2 is 1.79 bits per heavy atom. The normalized spacial score (nSPS) is 18.7. The quantitative estimate of drug-likeness (QED) is 0.412. The number of aliphatic imine (C=N–C) groups is 1. The largest absolute Gasteiger partial charge is 0.480 e. The molecule has 2 unspecified atom stereocenters. The van der Waals surface area contributed by atoms with Gasteiger partial charge >= 0.3 is 11.9 Å². The van der Waals surface area contributed by atoms with Crippen molar-refractivity contribution in [2.75, 3.05) is 19.8 Å². The molecule has 0 fully saturated rings. The average Bonchev–Trinajstić information content (AvgIpc) is 2.67. The highest BCUT2D eigenvalue weighted by Gasteiger charge is 2.47. The number of rotatable bonds is 7. The van der Waals surface area contributed by atoms with E-state index < -0.39 is 28.7 Å². The Labute approximate surface area is 167 Å². The van der Waals surface area contributed by atoms with Gasteiger partial charge in [-0.05, 0) is 20.8 Å². The van der Waals surface area contributed by atoms with Crippen LogP contribution in [0.2, 0.25) is 0 Å². The Kier molecular flexibility index (Phi) is 7.29. The first-order valence-electron chi connectivity index (χ1n) is 9.15. The molecule has 1 heterocycles. The number of carbonyl (C=O) groups excluding carboxylic acids is 2. The molecule has 1 aromatic rings. The van der Waals surface area contributed by atoms with E-state index in [1.807, 2.05) is 0 Å². The number of ether oxygens (including phenoxy) is 3. The number of carbonyl (C=O) groups is 2. The first-order chi connectivity index (χ1) is 13.9. The van der Waals surface area contributed by atoms with Crippen LogP contribution >= 0.6 is 0 Å². The van der Waals surface area contributed by atoms with Crippen molar-refractivity contribution >= 4 is 23.5 Å². The summed E-state index contributed by atoms with van der Waals surface area (Å²) >= 11 is 0. The van der Waals surface area contributed by atoms with Gasteiger partial charge in [-0.3, -0.25) is 14.9 Å². The number of nitro benzene ring substituents is 1. The van der Waals surface area contributed by atoms with Crippen molar-refractivity contribution in [3.05, 3.63) is 51.3 Å². The van der Waals surface area contributed by atoms with Gasteiger partial charge in [0.2, 0.25) is 5.90 Å². The van der Waals surface area contributed by atoms with Crippen molar-refractivity contribution in [3.8, 4) is 0 Å². The molecule has 0 saturated carbocycles. The number of nitrogens with two attached hydrogens (primary N) is 1. The van der Waals surface area contributed by atoms with Crippen LogP contribution in [-0.4, -0.2) is 42.6 Å². The predicted molar refractivity (Wildman–Crippen MR) is 103 cm³/mol. The Morgan fingerprint density at radius 1 is 1.14 bits per heavy atom. The Morgan fingerprint density at radius 3 is 2.38 bits per heavy atom. The zero-order valence-electron chi connectivity index (χ0n) is 16.4. The molecule has 156 valence electrons. The van der Waals surface area contributed by atoms with Crippen LogP contribution in [0.15, 0.2) is 40.7 Å². The summed E-state index contributed by atoms with van der Waals surface area (Å²) in [5, 5.41) is 11.6. The maximum atomic E-state index is 12.8. The number of hydrogen-bond donors (Lipinski definition) is 1. The first-order valence-corrected chi connectivity index (χ1v) is 9.15. The van der Waals surface area contributed by atoms with Gasteiger partial charge in [-0.2, -0.15) is 4.99 Å². The van der Waals surface area contributed by atoms with E-state index in [1.165, 1.54) is 18.2 Å². The molecule has 0 aliphatic carbocycles. The maximum Gasteiger partial charge on any atom is 0.338 e. The van der Waals surface area contributed by atoms with E-state index in [0.29, 0.717) is 0 Å². The van der Waals surface area contributed by atoms with Crippen molar-refractivity contribution in [2.45, 2.75) is 26.7 Å². The molecule has 0 amide bonds.